The van der Waals surface area contributed by atoms with Crippen LogP contribution in [0.4, 0.5) is 5.00 Å². The molecule has 0 unspecified atom stereocenters. The summed E-state index contributed by atoms with van der Waals surface area (Å²) in [5.74, 6) is 0. The highest BCUT2D eigenvalue weighted by molar-refractivity contribution is 7.11. The predicted octanol–water partition coefficient (Wildman–Crippen LogP) is 3.43. The van der Waals surface area contributed by atoms with Gasteiger partial charge in [-0.1, -0.05) is 24.3 Å². The molecule has 3 heteroatoms. The van der Waals surface area contributed by atoms with Gasteiger partial charge in [0.15, 0.2) is 0 Å². The molecule has 0 atom stereocenters. The van der Waals surface area contributed by atoms with E-state index in [0.717, 1.165) is 18.4 Å². The second-order valence-corrected chi connectivity index (χ2v) is 4.59. The lowest BCUT2D eigenvalue weighted by molar-refractivity contribution is 0.791. The minimum Gasteiger partial charge on any atom is -0.372 e. The number of hydrogen-bond donors (Lipinski definition) is 1. The molecule has 2 aromatic rings. The zero-order valence-corrected chi connectivity index (χ0v) is 9.13. The van der Waals surface area contributed by atoms with E-state index in [2.05, 4.69) is 40.0 Å². The third kappa shape index (κ3) is 1.63. The van der Waals surface area contributed by atoms with Gasteiger partial charge in [-0.15, -0.1) is 0 Å². The average molecular weight is 216 g/mol. The van der Waals surface area contributed by atoms with Gasteiger partial charge in [0.05, 0.1) is 5.52 Å². The molecule has 3 rings (SSSR count). The van der Waals surface area contributed by atoms with Crippen molar-refractivity contribution in [1.82, 2.24) is 4.37 Å². The van der Waals surface area contributed by atoms with Crippen LogP contribution in [0.15, 0.2) is 36.4 Å². The predicted molar refractivity (Wildman–Crippen MR) is 65.4 cm³/mol. The van der Waals surface area contributed by atoms with E-state index in [1.54, 1.807) is 11.5 Å². The lowest BCUT2D eigenvalue weighted by atomic mass is 10.2. The van der Waals surface area contributed by atoms with Crippen molar-refractivity contribution >= 4 is 27.4 Å². The van der Waals surface area contributed by atoms with Gasteiger partial charge >= 0.3 is 0 Å². The van der Waals surface area contributed by atoms with Crippen molar-refractivity contribution in [3.63, 3.8) is 0 Å². The van der Waals surface area contributed by atoms with Gasteiger partial charge in [0.25, 0.3) is 0 Å². The normalized spacial score (nSPS) is 16.3. The molecule has 0 spiro atoms. The number of anilines is 1. The van der Waals surface area contributed by atoms with Crippen molar-refractivity contribution in [2.45, 2.75) is 18.9 Å². The molecule has 1 aromatic carbocycles. The quantitative estimate of drug-likeness (QED) is 0.778. The van der Waals surface area contributed by atoms with Crippen molar-refractivity contribution in [2.24, 2.45) is 0 Å². The Kier molecular flexibility index (Phi) is 2.18. The first-order chi connectivity index (χ1) is 7.43. The van der Waals surface area contributed by atoms with Crippen LogP contribution in [-0.2, 0) is 0 Å². The largest absolute Gasteiger partial charge is 0.372 e. The molecule has 0 amide bonds. The SMILES string of the molecule is C1=CCC(Nc2snc3ccccc23)C1. The van der Waals surface area contributed by atoms with Crippen molar-refractivity contribution in [3.05, 3.63) is 36.4 Å². The second-order valence-electron chi connectivity index (χ2n) is 3.81. The molecule has 0 bridgehead atoms. The van der Waals surface area contributed by atoms with Crippen molar-refractivity contribution in [2.75, 3.05) is 5.32 Å². The molecule has 76 valence electrons. The van der Waals surface area contributed by atoms with Gasteiger partial charge in [-0.25, -0.2) is 0 Å². The fraction of sp³-hybridized carbons (Fsp3) is 0.250. The molecule has 0 aliphatic heterocycles. The molecule has 15 heavy (non-hydrogen) atoms. The zero-order chi connectivity index (χ0) is 10.1. The topological polar surface area (TPSA) is 24.9 Å². The van der Waals surface area contributed by atoms with E-state index in [4.69, 9.17) is 0 Å². The Balaban J connectivity index is 1.90. The Morgan fingerprint density at radius 3 is 2.87 bits per heavy atom. The highest BCUT2D eigenvalue weighted by atomic mass is 32.1. The van der Waals surface area contributed by atoms with Gasteiger partial charge in [0.2, 0.25) is 0 Å². The summed E-state index contributed by atoms with van der Waals surface area (Å²) in [4.78, 5) is 0. The van der Waals surface area contributed by atoms with E-state index in [1.807, 2.05) is 6.07 Å². The Morgan fingerprint density at radius 1 is 1.20 bits per heavy atom. The lowest BCUT2D eigenvalue weighted by Gasteiger charge is -2.11. The maximum Gasteiger partial charge on any atom is 0.117 e. The van der Waals surface area contributed by atoms with E-state index in [1.165, 1.54) is 10.4 Å². The summed E-state index contributed by atoms with van der Waals surface area (Å²) in [6, 6.07) is 8.85. The first kappa shape index (κ1) is 8.92. The lowest BCUT2D eigenvalue weighted by Crippen LogP contribution is -2.13. The molecule has 1 aliphatic carbocycles. The second kappa shape index (κ2) is 3.66. The number of hydrogen-bond acceptors (Lipinski definition) is 3. The number of nitrogens with zero attached hydrogens (tertiary/aromatic N) is 1. The first-order valence-corrected chi connectivity index (χ1v) is 5.97. The molecule has 2 nitrogen and oxygen atoms in total. The fourth-order valence-corrected chi connectivity index (χ4v) is 2.75. The molecule has 1 aromatic heterocycles. The summed E-state index contributed by atoms with van der Waals surface area (Å²) in [5, 5.41) is 6.01. The van der Waals surface area contributed by atoms with Crippen LogP contribution in [0.25, 0.3) is 10.9 Å². The number of fused-ring (bicyclic) bond motifs is 1. The van der Waals surface area contributed by atoms with E-state index in [-0.39, 0.29) is 0 Å². The highest BCUT2D eigenvalue weighted by Gasteiger charge is 2.12. The number of nitrogens with one attached hydrogen (secondary N) is 1. The van der Waals surface area contributed by atoms with Crippen LogP contribution in [0, 0.1) is 0 Å². The maximum atomic E-state index is 4.42. The van der Waals surface area contributed by atoms with E-state index in [9.17, 15) is 0 Å². The van der Waals surface area contributed by atoms with Gasteiger partial charge in [-0.2, -0.15) is 4.37 Å². The van der Waals surface area contributed by atoms with Gasteiger partial charge in [-0.05, 0) is 36.5 Å². The summed E-state index contributed by atoms with van der Waals surface area (Å²) in [5.41, 5.74) is 1.09. The fourth-order valence-electron chi connectivity index (χ4n) is 1.91. The van der Waals surface area contributed by atoms with Crippen molar-refractivity contribution in [1.29, 1.82) is 0 Å². The molecule has 0 radical (unpaired) electrons. The third-order valence-electron chi connectivity index (χ3n) is 2.73. The minimum absolute atomic E-state index is 0.564. The molecule has 0 saturated carbocycles. The van der Waals surface area contributed by atoms with Gasteiger partial charge < -0.3 is 5.32 Å². The molecule has 1 heterocycles. The van der Waals surface area contributed by atoms with Crippen molar-refractivity contribution in [3.8, 4) is 0 Å². The van der Waals surface area contributed by atoms with Crippen LogP contribution in [-0.4, -0.2) is 10.4 Å². The summed E-state index contributed by atoms with van der Waals surface area (Å²) in [6.45, 7) is 0. The monoisotopic (exact) mass is 216 g/mol. The number of benzene rings is 1. The number of rotatable bonds is 2. The van der Waals surface area contributed by atoms with Crippen LogP contribution in [0.3, 0.4) is 0 Å². The van der Waals surface area contributed by atoms with Crippen LogP contribution >= 0.6 is 11.5 Å². The zero-order valence-electron chi connectivity index (χ0n) is 8.31. The third-order valence-corrected chi connectivity index (χ3v) is 3.54. The van der Waals surface area contributed by atoms with Crippen LogP contribution in [0.2, 0.25) is 0 Å². The van der Waals surface area contributed by atoms with Gasteiger partial charge in [0.1, 0.15) is 5.00 Å². The Bertz CT molecular complexity index is 493. The summed E-state index contributed by atoms with van der Waals surface area (Å²) in [7, 11) is 0. The summed E-state index contributed by atoms with van der Waals surface area (Å²) in [6.07, 6.45) is 6.74. The van der Waals surface area contributed by atoms with Gasteiger partial charge in [-0.3, -0.25) is 0 Å². The smallest absolute Gasteiger partial charge is 0.117 e. The highest BCUT2D eigenvalue weighted by Crippen LogP contribution is 2.29. The molecule has 0 saturated heterocycles. The van der Waals surface area contributed by atoms with Crippen molar-refractivity contribution < 1.29 is 0 Å². The summed E-state index contributed by atoms with van der Waals surface area (Å²) >= 11 is 1.56. The molecule has 0 fully saturated rings. The minimum atomic E-state index is 0.564. The summed E-state index contributed by atoms with van der Waals surface area (Å²) < 4.78 is 4.42. The van der Waals surface area contributed by atoms with E-state index >= 15 is 0 Å². The standard InChI is InChI=1S/C12H12N2S/c1-2-6-9(5-1)13-12-10-7-3-4-8-11(10)14-15-12/h1-4,7-9,13H,5-6H2. The van der Waals surface area contributed by atoms with Gasteiger partial charge in [0, 0.05) is 11.4 Å². The molecular weight excluding hydrogens is 204 g/mol. The van der Waals surface area contributed by atoms with Crippen LogP contribution < -0.4 is 5.32 Å². The first-order valence-electron chi connectivity index (χ1n) is 5.19. The number of aromatic nitrogens is 1. The molecule has 1 N–H and O–H groups in total. The maximum absolute atomic E-state index is 4.42. The Morgan fingerprint density at radius 2 is 2.00 bits per heavy atom. The van der Waals surface area contributed by atoms with Crippen LogP contribution in [0.1, 0.15) is 12.8 Å². The Hall–Kier alpha value is -1.35. The van der Waals surface area contributed by atoms with Crippen LogP contribution in [0.5, 0.6) is 0 Å². The molecular formula is C12H12N2S. The average Bonchev–Trinajstić information content (AvgIpc) is 2.89. The van der Waals surface area contributed by atoms with E-state index < -0.39 is 0 Å². The Labute approximate surface area is 92.8 Å². The van der Waals surface area contributed by atoms with E-state index in [0.29, 0.717) is 6.04 Å². The molecule has 1 aliphatic rings.